The van der Waals surface area contributed by atoms with Crippen molar-refractivity contribution in [2.75, 3.05) is 13.1 Å². The third kappa shape index (κ3) is 3.39. The highest BCUT2D eigenvalue weighted by molar-refractivity contribution is 5.77. The molecule has 2 aromatic rings. The molecule has 0 spiro atoms. The largest absolute Gasteiger partial charge is 0.372 e. The number of carbonyl (C=O) groups excluding carboxylic acids is 1. The van der Waals surface area contributed by atoms with Crippen LogP contribution in [0.15, 0.2) is 29.1 Å². The lowest BCUT2D eigenvalue weighted by Crippen LogP contribution is -2.48. The van der Waals surface area contributed by atoms with Crippen LogP contribution >= 0.6 is 0 Å². The van der Waals surface area contributed by atoms with Gasteiger partial charge in [-0.1, -0.05) is 17.3 Å². The van der Waals surface area contributed by atoms with Crippen molar-refractivity contribution in [2.24, 2.45) is 0 Å². The van der Waals surface area contributed by atoms with Gasteiger partial charge in [0.05, 0.1) is 24.1 Å². The van der Waals surface area contributed by atoms with Crippen molar-refractivity contribution in [3.63, 3.8) is 0 Å². The van der Waals surface area contributed by atoms with Crippen molar-refractivity contribution in [3.05, 3.63) is 34.6 Å². The van der Waals surface area contributed by atoms with E-state index in [1.54, 1.807) is 23.1 Å². The summed E-state index contributed by atoms with van der Waals surface area (Å²) in [6.45, 7) is 5.31. The molecular weight excluding hydrogens is 296 g/mol. The topological polar surface area (TPSA) is 77.3 Å². The summed E-state index contributed by atoms with van der Waals surface area (Å²) < 4.78 is 6.88. The monoisotopic (exact) mass is 316 g/mol. The minimum Gasteiger partial charge on any atom is -0.372 e. The van der Waals surface area contributed by atoms with E-state index in [1.165, 1.54) is 4.68 Å². The van der Waals surface area contributed by atoms with Crippen molar-refractivity contribution in [1.29, 1.82) is 0 Å². The molecule has 3 rings (SSSR count). The number of nitrogens with zero attached hydrogens (tertiary/aromatic N) is 4. The molecule has 0 saturated carbocycles. The van der Waals surface area contributed by atoms with E-state index < -0.39 is 0 Å². The van der Waals surface area contributed by atoms with Gasteiger partial charge in [-0.25, -0.2) is 4.68 Å². The molecule has 23 heavy (non-hydrogen) atoms. The highest BCUT2D eigenvalue weighted by Gasteiger charge is 2.25. The maximum Gasteiger partial charge on any atom is 0.277 e. The van der Waals surface area contributed by atoms with Crippen LogP contribution in [0, 0.1) is 0 Å². The van der Waals surface area contributed by atoms with Crippen LogP contribution in [-0.2, 0) is 16.1 Å². The van der Waals surface area contributed by atoms with Crippen LogP contribution in [0.2, 0.25) is 0 Å². The molecule has 0 N–H and O–H groups in total. The third-order valence-corrected chi connectivity index (χ3v) is 3.94. The smallest absolute Gasteiger partial charge is 0.277 e. The van der Waals surface area contributed by atoms with Crippen molar-refractivity contribution in [3.8, 4) is 0 Å². The molecule has 1 fully saturated rings. The molecule has 1 aliphatic rings. The second-order valence-electron chi connectivity index (χ2n) is 5.94. The number of aryl methyl sites for hydroxylation is 1. The van der Waals surface area contributed by atoms with E-state index in [2.05, 4.69) is 10.3 Å². The van der Waals surface area contributed by atoms with Crippen LogP contribution in [0.4, 0.5) is 0 Å². The Balaban J connectivity index is 1.70. The Morgan fingerprint density at radius 3 is 2.70 bits per heavy atom. The van der Waals surface area contributed by atoms with Gasteiger partial charge in [0.2, 0.25) is 5.91 Å². The summed E-state index contributed by atoms with van der Waals surface area (Å²) in [5.74, 6) is 0.00820. The number of morpholine rings is 1. The Bertz CT molecular complexity index is 763. The normalized spacial score (nSPS) is 21.6. The van der Waals surface area contributed by atoms with E-state index >= 15 is 0 Å². The minimum absolute atomic E-state index is 0.00820. The van der Waals surface area contributed by atoms with Gasteiger partial charge in [-0.3, -0.25) is 9.59 Å². The molecule has 0 bridgehead atoms. The van der Waals surface area contributed by atoms with Gasteiger partial charge in [0.15, 0.2) is 0 Å². The molecule has 1 aromatic carbocycles. The lowest BCUT2D eigenvalue weighted by Gasteiger charge is -2.35. The van der Waals surface area contributed by atoms with Gasteiger partial charge in [-0.15, -0.1) is 5.10 Å². The number of fused-ring (bicyclic) bond motifs is 1. The van der Waals surface area contributed by atoms with Gasteiger partial charge in [0.25, 0.3) is 5.56 Å². The Morgan fingerprint density at radius 2 is 1.96 bits per heavy atom. The number of aromatic nitrogens is 3. The van der Waals surface area contributed by atoms with E-state index in [-0.39, 0.29) is 36.6 Å². The molecule has 1 aromatic heterocycles. The molecule has 7 heteroatoms. The minimum atomic E-state index is -0.216. The zero-order valence-corrected chi connectivity index (χ0v) is 13.3. The summed E-state index contributed by atoms with van der Waals surface area (Å²) in [5, 5.41) is 8.45. The Hall–Kier alpha value is -2.28. The zero-order valence-electron chi connectivity index (χ0n) is 13.3. The fourth-order valence-electron chi connectivity index (χ4n) is 2.91. The van der Waals surface area contributed by atoms with E-state index in [4.69, 9.17) is 4.74 Å². The highest BCUT2D eigenvalue weighted by atomic mass is 16.5. The molecule has 0 aliphatic carbocycles. The fraction of sp³-hybridized carbons (Fsp3) is 0.500. The van der Waals surface area contributed by atoms with Gasteiger partial charge in [-0.05, 0) is 26.0 Å². The molecule has 2 heterocycles. The Kier molecular flexibility index (Phi) is 4.38. The Morgan fingerprint density at radius 1 is 1.26 bits per heavy atom. The second-order valence-corrected chi connectivity index (χ2v) is 5.94. The predicted octanol–water partition coefficient (Wildman–Crippen LogP) is 0.817. The zero-order chi connectivity index (χ0) is 16.4. The van der Waals surface area contributed by atoms with Crippen LogP contribution in [0.25, 0.3) is 10.9 Å². The molecule has 2 atom stereocenters. The number of benzene rings is 1. The standard InChI is InChI=1S/C16H20N4O3/c1-11-9-19(10-12(2)23-11)15(21)7-8-20-16(22)13-5-3-4-6-14(13)17-18-20/h3-6,11-12H,7-10H2,1-2H3/t11-,12-/m0/s1. The van der Waals surface area contributed by atoms with Crippen molar-refractivity contribution >= 4 is 16.8 Å². The van der Waals surface area contributed by atoms with E-state index in [0.29, 0.717) is 24.0 Å². The fourth-order valence-corrected chi connectivity index (χ4v) is 2.91. The highest BCUT2D eigenvalue weighted by Crippen LogP contribution is 2.12. The average Bonchev–Trinajstić information content (AvgIpc) is 2.53. The number of ether oxygens (including phenoxy) is 1. The molecule has 1 saturated heterocycles. The molecule has 0 radical (unpaired) electrons. The van der Waals surface area contributed by atoms with Crippen LogP contribution < -0.4 is 5.56 Å². The van der Waals surface area contributed by atoms with Gasteiger partial charge < -0.3 is 9.64 Å². The maximum absolute atomic E-state index is 12.3. The summed E-state index contributed by atoms with van der Waals surface area (Å²) in [5.41, 5.74) is 0.350. The van der Waals surface area contributed by atoms with Gasteiger partial charge >= 0.3 is 0 Å². The van der Waals surface area contributed by atoms with Crippen molar-refractivity contribution < 1.29 is 9.53 Å². The van der Waals surface area contributed by atoms with Crippen molar-refractivity contribution in [1.82, 2.24) is 19.9 Å². The number of carbonyl (C=O) groups is 1. The Labute approximate surface area is 133 Å². The van der Waals surface area contributed by atoms with Crippen molar-refractivity contribution in [2.45, 2.75) is 39.0 Å². The molecule has 1 aliphatic heterocycles. The van der Waals surface area contributed by atoms with Crippen LogP contribution in [0.3, 0.4) is 0 Å². The summed E-state index contributed by atoms with van der Waals surface area (Å²) in [6, 6.07) is 7.06. The quantitative estimate of drug-likeness (QED) is 0.838. The third-order valence-electron chi connectivity index (χ3n) is 3.94. The average molecular weight is 316 g/mol. The maximum atomic E-state index is 12.3. The molecule has 0 unspecified atom stereocenters. The number of rotatable bonds is 3. The summed E-state index contributed by atoms with van der Waals surface area (Å²) in [4.78, 5) is 26.5. The molecule has 1 amide bonds. The van der Waals surface area contributed by atoms with Gasteiger partial charge in [-0.2, -0.15) is 0 Å². The number of hydrogen-bond acceptors (Lipinski definition) is 5. The first-order valence-electron chi connectivity index (χ1n) is 7.80. The van der Waals surface area contributed by atoms with Crippen LogP contribution in [0.5, 0.6) is 0 Å². The lowest BCUT2D eigenvalue weighted by atomic mass is 10.2. The number of amides is 1. The molecular formula is C16H20N4O3. The van der Waals surface area contributed by atoms with Crippen LogP contribution in [0.1, 0.15) is 20.3 Å². The number of hydrogen-bond donors (Lipinski definition) is 0. The SMILES string of the molecule is C[C@H]1CN(C(=O)CCn2nnc3ccccc3c2=O)C[C@H](C)O1. The van der Waals surface area contributed by atoms with E-state index in [0.717, 1.165) is 0 Å². The molecule has 7 nitrogen and oxygen atoms in total. The van der Waals surface area contributed by atoms with E-state index in [9.17, 15) is 9.59 Å². The summed E-state index contributed by atoms with van der Waals surface area (Å²) in [6.07, 6.45) is 0.295. The predicted molar refractivity (Wildman–Crippen MR) is 85.0 cm³/mol. The first-order chi connectivity index (χ1) is 11.0. The van der Waals surface area contributed by atoms with Gasteiger partial charge in [0, 0.05) is 19.5 Å². The van der Waals surface area contributed by atoms with E-state index in [1.807, 2.05) is 19.9 Å². The van der Waals surface area contributed by atoms with Gasteiger partial charge in [0.1, 0.15) is 5.52 Å². The van der Waals surface area contributed by atoms with Crippen LogP contribution in [-0.4, -0.2) is 51.1 Å². The first kappa shape index (κ1) is 15.6. The molecule has 122 valence electrons. The summed E-state index contributed by atoms with van der Waals surface area (Å²) in [7, 11) is 0. The summed E-state index contributed by atoms with van der Waals surface area (Å²) >= 11 is 0. The lowest BCUT2D eigenvalue weighted by molar-refractivity contribution is -0.143. The second kappa shape index (κ2) is 6.45. The first-order valence-corrected chi connectivity index (χ1v) is 7.80.